The molecule has 0 aromatic carbocycles. The summed E-state index contributed by atoms with van der Waals surface area (Å²) in [5.41, 5.74) is 0. The van der Waals surface area contributed by atoms with Gasteiger partial charge in [-0.15, -0.1) is 0 Å². The van der Waals surface area contributed by atoms with Crippen molar-refractivity contribution in [2.45, 2.75) is 59.3 Å². The van der Waals surface area contributed by atoms with Gasteiger partial charge in [0.1, 0.15) is 0 Å². The summed E-state index contributed by atoms with van der Waals surface area (Å²) < 4.78 is 0. The number of aliphatic carboxylic acids is 3. The van der Waals surface area contributed by atoms with Crippen LogP contribution in [0.4, 0.5) is 0 Å². The number of carboxylic acid groups (broad SMARTS) is 3. The Morgan fingerprint density at radius 3 is 0.789 bits per heavy atom. The molecule has 0 aromatic heterocycles. The summed E-state index contributed by atoms with van der Waals surface area (Å²) in [5.74, 6) is -2.88. The van der Waals surface area contributed by atoms with Gasteiger partial charge in [-0.1, -0.05) is 40.0 Å². The van der Waals surface area contributed by atoms with Gasteiger partial charge in [-0.05, 0) is 19.3 Å². The fourth-order valence-electron chi connectivity index (χ4n) is 0.612. The second kappa shape index (κ2) is 22.9. The maximum atomic E-state index is 9.49. The van der Waals surface area contributed by atoms with Gasteiger partial charge in [0.15, 0.2) is 0 Å². The molecule has 0 atom stereocenters. The molecule has 0 aliphatic heterocycles. The number of hydrogen-bond donors (Lipinski definition) is 0. The van der Waals surface area contributed by atoms with E-state index in [-0.39, 0.29) is 61.0 Å². The molecule has 0 aromatic rings. The molecule has 0 amide bonds. The normalized spacial score (nSPS) is 7.74. The van der Waals surface area contributed by atoms with E-state index < -0.39 is 17.9 Å². The minimum atomic E-state index is -0.961. The van der Waals surface area contributed by atoms with Crippen molar-refractivity contribution in [1.82, 2.24) is 0 Å². The van der Waals surface area contributed by atoms with Crippen LogP contribution in [0.25, 0.3) is 0 Å². The smallest absolute Gasteiger partial charge is 0.550 e. The summed E-state index contributed by atoms with van der Waals surface area (Å²) in [7, 11) is 0. The molecule has 1 radical (unpaired) electrons. The molecule has 6 nitrogen and oxygen atoms in total. The first-order valence-corrected chi connectivity index (χ1v) is 5.91. The monoisotopic (exact) mass is 401 g/mol. The zero-order valence-corrected chi connectivity index (χ0v) is 14.8. The van der Waals surface area contributed by atoms with Crippen molar-refractivity contribution in [2.24, 2.45) is 0 Å². The van der Waals surface area contributed by atoms with Crippen molar-refractivity contribution in [1.29, 1.82) is 0 Å². The Hall–Kier alpha value is -0.213. The summed E-state index contributed by atoms with van der Waals surface area (Å²) in [6, 6.07) is 0. The minimum absolute atomic E-state index is 0. The number of carbonyl (C=O) groups excluding carboxylic acids is 3. The summed E-state index contributed by atoms with van der Waals surface area (Å²) in [5, 5.41) is 28.5. The van der Waals surface area contributed by atoms with Crippen molar-refractivity contribution in [2.75, 3.05) is 0 Å². The number of carboxylic acids is 3. The molecule has 0 saturated carbocycles. The van der Waals surface area contributed by atoms with Crippen molar-refractivity contribution in [3.63, 3.8) is 0 Å². The van der Waals surface area contributed by atoms with E-state index >= 15 is 0 Å². The molecule has 109 valence electrons. The van der Waals surface area contributed by atoms with Crippen molar-refractivity contribution >= 4 is 17.9 Å². The van der Waals surface area contributed by atoms with Gasteiger partial charge < -0.3 is 29.7 Å². The Morgan fingerprint density at radius 2 is 0.789 bits per heavy atom. The standard InChI is InChI=1S/3C4H8O2.Ce/c3*1-2-3-4(5)6;/h3*2-3H2,1H3,(H,5,6);/q;;;+3/p-3. The Bertz CT molecular complexity index is 192. The first kappa shape index (κ1) is 27.2. The number of carbonyl (C=O) groups is 3. The first-order valence-electron chi connectivity index (χ1n) is 5.91. The van der Waals surface area contributed by atoms with Crippen LogP contribution in [0, 0.1) is 41.7 Å². The van der Waals surface area contributed by atoms with Gasteiger partial charge in [-0.2, -0.15) is 0 Å². The van der Waals surface area contributed by atoms with E-state index in [0.717, 1.165) is 0 Å². The van der Waals surface area contributed by atoms with Crippen LogP contribution in [0.2, 0.25) is 0 Å². The molecule has 19 heavy (non-hydrogen) atoms. The molecular weight excluding hydrogens is 380 g/mol. The molecule has 0 unspecified atom stereocenters. The molecule has 0 fully saturated rings. The quantitative estimate of drug-likeness (QED) is 0.540. The van der Waals surface area contributed by atoms with E-state index in [0.29, 0.717) is 19.3 Å². The van der Waals surface area contributed by atoms with E-state index in [1.54, 1.807) is 20.8 Å². The predicted octanol–water partition coefficient (Wildman–Crippen LogP) is -1.39. The molecule has 0 spiro atoms. The molecular formula is C12H21CeO6. The average Bonchev–Trinajstić information content (AvgIpc) is 2.18. The molecule has 0 heterocycles. The number of rotatable bonds is 6. The van der Waals surface area contributed by atoms with Crippen LogP contribution < -0.4 is 15.3 Å². The maximum Gasteiger partial charge on any atom is 3.00 e. The molecule has 7 heteroatoms. The van der Waals surface area contributed by atoms with E-state index in [4.69, 9.17) is 0 Å². The first-order chi connectivity index (χ1) is 8.31. The summed E-state index contributed by atoms with van der Waals surface area (Å²) in [4.78, 5) is 28.5. The Morgan fingerprint density at radius 1 is 0.632 bits per heavy atom. The third-order valence-corrected chi connectivity index (χ3v) is 1.36. The van der Waals surface area contributed by atoms with Crippen LogP contribution in [0.3, 0.4) is 0 Å². The second-order valence-electron chi connectivity index (χ2n) is 3.37. The molecule has 0 bridgehead atoms. The molecule has 0 aliphatic rings. The summed E-state index contributed by atoms with van der Waals surface area (Å²) in [6.45, 7) is 5.40. The average molecular weight is 401 g/mol. The molecule has 0 saturated heterocycles. The van der Waals surface area contributed by atoms with Gasteiger partial charge in [0.05, 0.1) is 0 Å². The van der Waals surface area contributed by atoms with Gasteiger partial charge in [0.25, 0.3) is 0 Å². The zero-order valence-electron chi connectivity index (χ0n) is 11.7. The second-order valence-corrected chi connectivity index (χ2v) is 3.37. The zero-order chi connectivity index (χ0) is 15.0. The van der Waals surface area contributed by atoms with E-state index in [1.807, 2.05) is 0 Å². The van der Waals surface area contributed by atoms with Crippen LogP contribution >= 0.6 is 0 Å². The minimum Gasteiger partial charge on any atom is -0.550 e. The van der Waals surface area contributed by atoms with Crippen LogP contribution in [0.5, 0.6) is 0 Å². The SMILES string of the molecule is CCCC(=O)[O-].CCCC(=O)[O-].CCCC(=O)[O-].[Ce+3]. The van der Waals surface area contributed by atoms with Crippen molar-refractivity contribution < 1.29 is 71.5 Å². The van der Waals surface area contributed by atoms with Gasteiger partial charge in [-0.25, -0.2) is 0 Å². The third kappa shape index (κ3) is 57.4. The van der Waals surface area contributed by atoms with Gasteiger partial charge in [-0.3, -0.25) is 0 Å². The predicted molar refractivity (Wildman–Crippen MR) is 59.7 cm³/mol. The van der Waals surface area contributed by atoms with Crippen molar-refractivity contribution in [3.8, 4) is 0 Å². The largest absolute Gasteiger partial charge is 3.00 e. The molecule has 0 rings (SSSR count). The Balaban J connectivity index is -0.0000000865. The van der Waals surface area contributed by atoms with Crippen LogP contribution in [0.15, 0.2) is 0 Å². The molecule has 0 N–H and O–H groups in total. The van der Waals surface area contributed by atoms with Gasteiger partial charge in [0.2, 0.25) is 0 Å². The van der Waals surface area contributed by atoms with Crippen LogP contribution in [-0.4, -0.2) is 17.9 Å². The summed E-state index contributed by atoms with van der Waals surface area (Å²) in [6.07, 6.45) is 2.55. The topological polar surface area (TPSA) is 120 Å². The Kier molecular flexibility index (Phi) is 32.8. The van der Waals surface area contributed by atoms with Gasteiger partial charge in [0, 0.05) is 17.9 Å². The van der Waals surface area contributed by atoms with Crippen molar-refractivity contribution in [3.05, 3.63) is 0 Å². The maximum absolute atomic E-state index is 9.49. The van der Waals surface area contributed by atoms with E-state index in [1.165, 1.54) is 0 Å². The van der Waals surface area contributed by atoms with Crippen LogP contribution in [-0.2, 0) is 14.4 Å². The van der Waals surface area contributed by atoms with E-state index in [9.17, 15) is 29.7 Å². The van der Waals surface area contributed by atoms with Crippen LogP contribution in [0.1, 0.15) is 59.3 Å². The third-order valence-electron chi connectivity index (χ3n) is 1.36. The van der Waals surface area contributed by atoms with E-state index in [2.05, 4.69) is 0 Å². The van der Waals surface area contributed by atoms with Gasteiger partial charge >= 0.3 is 41.7 Å². The fraction of sp³-hybridized carbons (Fsp3) is 0.750. The fourth-order valence-corrected chi connectivity index (χ4v) is 0.612. The Labute approximate surface area is 148 Å². The number of hydrogen-bond acceptors (Lipinski definition) is 6. The summed E-state index contributed by atoms with van der Waals surface area (Å²) >= 11 is 0. The molecule has 0 aliphatic carbocycles.